The molecule has 2 aromatic rings. The highest BCUT2D eigenvalue weighted by Crippen LogP contribution is 2.20. The molecule has 1 amide bonds. The monoisotopic (exact) mass is 315 g/mol. The highest BCUT2D eigenvalue weighted by atomic mass is 35.5. The van der Waals surface area contributed by atoms with E-state index in [0.717, 1.165) is 17.7 Å². The Labute approximate surface area is 135 Å². The maximum atomic E-state index is 11.9. The molecule has 114 valence electrons. The summed E-state index contributed by atoms with van der Waals surface area (Å²) in [5.74, 6) is 0.610. The highest BCUT2D eigenvalue weighted by Gasteiger charge is 2.01. The van der Waals surface area contributed by atoms with E-state index in [9.17, 15) is 4.79 Å². The Bertz CT molecular complexity index is 650. The molecule has 0 aliphatic carbocycles. The van der Waals surface area contributed by atoms with Crippen molar-refractivity contribution >= 4 is 29.3 Å². The van der Waals surface area contributed by atoms with Gasteiger partial charge in [-0.15, -0.1) is 0 Å². The lowest BCUT2D eigenvalue weighted by Gasteiger charge is -2.05. The molecule has 4 heteroatoms. The molecular weight excluding hydrogens is 298 g/mol. The number of anilines is 1. The summed E-state index contributed by atoms with van der Waals surface area (Å²) in [7, 11) is 0. The van der Waals surface area contributed by atoms with Crippen LogP contribution in [0.4, 0.5) is 5.69 Å². The third kappa shape index (κ3) is 4.93. The van der Waals surface area contributed by atoms with Crippen molar-refractivity contribution in [3.05, 3.63) is 65.2 Å². The number of rotatable bonds is 6. The molecule has 1 N–H and O–H groups in total. The van der Waals surface area contributed by atoms with Gasteiger partial charge in [-0.3, -0.25) is 4.79 Å². The van der Waals surface area contributed by atoms with Crippen molar-refractivity contribution in [2.75, 3.05) is 11.9 Å². The van der Waals surface area contributed by atoms with Crippen molar-refractivity contribution in [3.8, 4) is 5.75 Å². The summed E-state index contributed by atoms with van der Waals surface area (Å²) in [5, 5.41) is 3.25. The van der Waals surface area contributed by atoms with Crippen LogP contribution in [0.3, 0.4) is 0 Å². The fourth-order valence-corrected chi connectivity index (χ4v) is 1.99. The summed E-state index contributed by atoms with van der Waals surface area (Å²) in [6.07, 6.45) is 4.20. The lowest BCUT2D eigenvalue weighted by molar-refractivity contribution is -0.111. The molecule has 22 heavy (non-hydrogen) atoms. The van der Waals surface area contributed by atoms with E-state index in [-0.39, 0.29) is 5.91 Å². The number of ether oxygens (including phenoxy) is 1. The quantitative estimate of drug-likeness (QED) is 0.779. The van der Waals surface area contributed by atoms with Gasteiger partial charge < -0.3 is 10.1 Å². The molecule has 0 atom stereocenters. The number of benzene rings is 2. The van der Waals surface area contributed by atoms with Crippen LogP contribution in [0.25, 0.3) is 6.08 Å². The molecule has 0 aromatic heterocycles. The molecule has 0 fully saturated rings. The van der Waals surface area contributed by atoms with Gasteiger partial charge in [0.2, 0.25) is 5.91 Å². The Morgan fingerprint density at radius 3 is 2.59 bits per heavy atom. The van der Waals surface area contributed by atoms with Crippen LogP contribution in [0.2, 0.25) is 5.02 Å². The van der Waals surface area contributed by atoms with Crippen LogP contribution < -0.4 is 10.1 Å². The van der Waals surface area contributed by atoms with Gasteiger partial charge in [0.05, 0.1) is 17.3 Å². The number of halogens is 1. The maximum Gasteiger partial charge on any atom is 0.248 e. The third-order valence-corrected chi connectivity index (χ3v) is 3.24. The van der Waals surface area contributed by atoms with Gasteiger partial charge in [-0.05, 0) is 42.3 Å². The zero-order valence-corrected chi connectivity index (χ0v) is 13.1. The Morgan fingerprint density at radius 1 is 1.18 bits per heavy atom. The van der Waals surface area contributed by atoms with Gasteiger partial charge in [0.15, 0.2) is 0 Å². The average Bonchev–Trinajstić information content (AvgIpc) is 2.54. The Hall–Kier alpha value is -2.26. The summed E-state index contributed by atoms with van der Waals surface area (Å²) in [6, 6.07) is 14.7. The molecule has 0 saturated carbocycles. The number of para-hydroxylation sites is 1. The second-order valence-electron chi connectivity index (χ2n) is 4.72. The SMILES string of the molecule is CCCOc1ccc(/C=C/C(=O)Nc2ccccc2Cl)cc1. The average molecular weight is 316 g/mol. The van der Waals surface area contributed by atoms with Crippen LogP contribution in [-0.4, -0.2) is 12.5 Å². The fraction of sp³-hybridized carbons (Fsp3) is 0.167. The molecule has 0 saturated heterocycles. The lowest BCUT2D eigenvalue weighted by atomic mass is 10.2. The van der Waals surface area contributed by atoms with Crippen molar-refractivity contribution in [2.45, 2.75) is 13.3 Å². The minimum Gasteiger partial charge on any atom is -0.494 e. The van der Waals surface area contributed by atoms with Crippen LogP contribution >= 0.6 is 11.6 Å². The van der Waals surface area contributed by atoms with Gasteiger partial charge in [-0.25, -0.2) is 0 Å². The minimum atomic E-state index is -0.223. The zero-order valence-electron chi connectivity index (χ0n) is 12.4. The second-order valence-corrected chi connectivity index (χ2v) is 5.13. The minimum absolute atomic E-state index is 0.223. The summed E-state index contributed by atoms with van der Waals surface area (Å²) >= 11 is 5.99. The number of hydrogen-bond donors (Lipinski definition) is 1. The van der Waals surface area contributed by atoms with Crippen LogP contribution in [0.15, 0.2) is 54.6 Å². The molecule has 0 spiro atoms. The van der Waals surface area contributed by atoms with Gasteiger partial charge in [-0.2, -0.15) is 0 Å². The maximum absolute atomic E-state index is 11.9. The van der Waals surface area contributed by atoms with E-state index in [1.54, 1.807) is 18.2 Å². The van der Waals surface area contributed by atoms with Crippen LogP contribution in [0.5, 0.6) is 5.75 Å². The van der Waals surface area contributed by atoms with Gasteiger partial charge in [0, 0.05) is 6.08 Å². The number of amides is 1. The molecule has 0 heterocycles. The van der Waals surface area contributed by atoms with Crippen molar-refractivity contribution < 1.29 is 9.53 Å². The molecule has 2 aromatic carbocycles. The van der Waals surface area contributed by atoms with E-state index in [0.29, 0.717) is 17.3 Å². The number of carbonyl (C=O) groups excluding carboxylic acids is 1. The van der Waals surface area contributed by atoms with Gasteiger partial charge in [-0.1, -0.05) is 42.8 Å². The Kier molecular flexibility index (Phi) is 6.04. The van der Waals surface area contributed by atoms with Crippen molar-refractivity contribution in [2.24, 2.45) is 0 Å². The van der Waals surface area contributed by atoms with E-state index >= 15 is 0 Å². The predicted molar refractivity (Wildman–Crippen MR) is 91.3 cm³/mol. The largest absolute Gasteiger partial charge is 0.494 e. The second kappa shape index (κ2) is 8.25. The van der Waals surface area contributed by atoms with E-state index in [1.807, 2.05) is 36.4 Å². The predicted octanol–water partition coefficient (Wildman–Crippen LogP) is 4.78. The number of hydrogen-bond acceptors (Lipinski definition) is 2. The lowest BCUT2D eigenvalue weighted by Crippen LogP contribution is -2.07. The molecule has 3 nitrogen and oxygen atoms in total. The van der Waals surface area contributed by atoms with Crippen LogP contribution in [0.1, 0.15) is 18.9 Å². The van der Waals surface area contributed by atoms with Crippen molar-refractivity contribution in [3.63, 3.8) is 0 Å². The van der Waals surface area contributed by atoms with E-state index in [1.165, 1.54) is 6.08 Å². The number of carbonyl (C=O) groups is 1. The Morgan fingerprint density at radius 2 is 1.91 bits per heavy atom. The molecular formula is C18H18ClNO2. The van der Waals surface area contributed by atoms with Crippen molar-refractivity contribution in [1.29, 1.82) is 0 Å². The normalized spacial score (nSPS) is 10.6. The molecule has 0 bridgehead atoms. The first-order valence-corrected chi connectivity index (χ1v) is 7.53. The topological polar surface area (TPSA) is 38.3 Å². The fourth-order valence-electron chi connectivity index (χ4n) is 1.80. The van der Waals surface area contributed by atoms with Crippen LogP contribution in [-0.2, 0) is 4.79 Å². The van der Waals surface area contributed by atoms with Gasteiger partial charge in [0.25, 0.3) is 0 Å². The van der Waals surface area contributed by atoms with Gasteiger partial charge in [0.1, 0.15) is 5.75 Å². The van der Waals surface area contributed by atoms with Crippen molar-refractivity contribution in [1.82, 2.24) is 0 Å². The smallest absolute Gasteiger partial charge is 0.248 e. The molecule has 0 radical (unpaired) electrons. The molecule has 0 unspecified atom stereocenters. The van der Waals surface area contributed by atoms with Gasteiger partial charge >= 0.3 is 0 Å². The standard InChI is InChI=1S/C18H18ClNO2/c1-2-13-22-15-10-7-14(8-11-15)9-12-18(21)20-17-6-4-3-5-16(17)19/h3-12H,2,13H2,1H3,(H,20,21)/b12-9+. The first-order chi connectivity index (χ1) is 10.7. The van der Waals surface area contributed by atoms with E-state index in [4.69, 9.17) is 16.3 Å². The summed E-state index contributed by atoms with van der Waals surface area (Å²) < 4.78 is 5.51. The summed E-state index contributed by atoms with van der Waals surface area (Å²) in [5.41, 5.74) is 1.53. The van der Waals surface area contributed by atoms with E-state index < -0.39 is 0 Å². The molecule has 2 rings (SSSR count). The Balaban J connectivity index is 1.93. The first kappa shape index (κ1) is 16.1. The molecule has 0 aliphatic heterocycles. The number of nitrogens with one attached hydrogen (secondary N) is 1. The van der Waals surface area contributed by atoms with Crippen LogP contribution in [0, 0.1) is 0 Å². The summed E-state index contributed by atoms with van der Waals surface area (Å²) in [4.78, 5) is 11.9. The highest BCUT2D eigenvalue weighted by molar-refractivity contribution is 6.33. The summed E-state index contributed by atoms with van der Waals surface area (Å²) in [6.45, 7) is 2.77. The zero-order chi connectivity index (χ0) is 15.8. The van der Waals surface area contributed by atoms with E-state index in [2.05, 4.69) is 12.2 Å². The first-order valence-electron chi connectivity index (χ1n) is 7.15. The third-order valence-electron chi connectivity index (χ3n) is 2.91. The molecule has 0 aliphatic rings.